The van der Waals surface area contributed by atoms with E-state index >= 15 is 0 Å². The molecule has 104 valence electrons. The van der Waals surface area contributed by atoms with Gasteiger partial charge in [-0.1, -0.05) is 0 Å². The van der Waals surface area contributed by atoms with Crippen molar-refractivity contribution in [1.82, 2.24) is 9.88 Å². The van der Waals surface area contributed by atoms with E-state index in [4.69, 9.17) is 5.73 Å². The second kappa shape index (κ2) is 5.34. The predicted molar refractivity (Wildman–Crippen MR) is 80.8 cm³/mol. The first-order chi connectivity index (χ1) is 9.65. The van der Waals surface area contributed by atoms with Crippen molar-refractivity contribution in [2.75, 3.05) is 13.1 Å². The number of thiophene rings is 1. The first-order valence-corrected chi connectivity index (χ1v) is 7.64. The van der Waals surface area contributed by atoms with E-state index in [9.17, 15) is 4.79 Å². The van der Waals surface area contributed by atoms with Crippen LogP contribution in [0.4, 0.5) is 0 Å². The third-order valence-corrected chi connectivity index (χ3v) is 4.33. The van der Waals surface area contributed by atoms with Crippen molar-refractivity contribution in [2.24, 2.45) is 5.73 Å². The SMILES string of the molecule is Cc1nc(-c2ccsc2)ccc1C(=O)N1CC[C@@H](N)C1. The van der Waals surface area contributed by atoms with Crippen LogP contribution in [0.3, 0.4) is 0 Å². The molecule has 0 spiro atoms. The second-order valence-electron chi connectivity index (χ2n) is 5.14. The van der Waals surface area contributed by atoms with Gasteiger partial charge in [-0.15, -0.1) is 0 Å². The van der Waals surface area contributed by atoms with E-state index in [1.54, 1.807) is 11.3 Å². The largest absolute Gasteiger partial charge is 0.337 e. The molecule has 1 aliphatic heterocycles. The molecule has 3 rings (SSSR count). The van der Waals surface area contributed by atoms with E-state index in [-0.39, 0.29) is 11.9 Å². The third-order valence-electron chi connectivity index (χ3n) is 3.65. The van der Waals surface area contributed by atoms with Crippen LogP contribution in [0.2, 0.25) is 0 Å². The lowest BCUT2D eigenvalue weighted by molar-refractivity contribution is 0.0789. The molecule has 1 fully saturated rings. The number of pyridine rings is 1. The minimum absolute atomic E-state index is 0.0415. The van der Waals surface area contributed by atoms with Crippen LogP contribution in [0, 0.1) is 6.92 Å². The number of hydrogen-bond acceptors (Lipinski definition) is 4. The molecule has 2 aromatic rings. The Bertz CT molecular complexity index is 624. The molecule has 1 atom stereocenters. The Labute approximate surface area is 122 Å². The molecular formula is C15H17N3OS. The van der Waals surface area contributed by atoms with E-state index in [0.29, 0.717) is 12.1 Å². The molecule has 1 saturated heterocycles. The van der Waals surface area contributed by atoms with Gasteiger partial charge in [0, 0.05) is 30.1 Å². The summed E-state index contributed by atoms with van der Waals surface area (Å²) in [6, 6.07) is 5.94. The highest BCUT2D eigenvalue weighted by molar-refractivity contribution is 7.08. The number of nitrogens with zero attached hydrogens (tertiary/aromatic N) is 2. The number of nitrogens with two attached hydrogens (primary N) is 1. The maximum atomic E-state index is 12.4. The Morgan fingerprint density at radius 2 is 2.30 bits per heavy atom. The summed E-state index contributed by atoms with van der Waals surface area (Å²) in [5.74, 6) is 0.0415. The number of aryl methyl sites for hydroxylation is 1. The minimum Gasteiger partial charge on any atom is -0.337 e. The van der Waals surface area contributed by atoms with Crippen molar-refractivity contribution in [1.29, 1.82) is 0 Å². The van der Waals surface area contributed by atoms with Crippen molar-refractivity contribution in [2.45, 2.75) is 19.4 Å². The highest BCUT2D eigenvalue weighted by Gasteiger charge is 2.25. The highest BCUT2D eigenvalue weighted by atomic mass is 32.1. The van der Waals surface area contributed by atoms with Gasteiger partial charge in [0.15, 0.2) is 0 Å². The van der Waals surface area contributed by atoms with Crippen molar-refractivity contribution in [3.8, 4) is 11.3 Å². The van der Waals surface area contributed by atoms with E-state index in [1.165, 1.54) is 0 Å². The Morgan fingerprint density at radius 3 is 2.90 bits per heavy atom. The van der Waals surface area contributed by atoms with Crippen LogP contribution >= 0.6 is 11.3 Å². The van der Waals surface area contributed by atoms with Gasteiger partial charge in [-0.2, -0.15) is 11.3 Å². The summed E-state index contributed by atoms with van der Waals surface area (Å²) in [4.78, 5) is 18.8. The van der Waals surface area contributed by atoms with Gasteiger partial charge in [-0.05, 0) is 36.9 Å². The molecular weight excluding hydrogens is 270 g/mol. The Hall–Kier alpha value is -1.72. The summed E-state index contributed by atoms with van der Waals surface area (Å²) < 4.78 is 0. The first-order valence-electron chi connectivity index (χ1n) is 6.70. The smallest absolute Gasteiger partial charge is 0.255 e. The van der Waals surface area contributed by atoms with Crippen molar-refractivity contribution < 1.29 is 4.79 Å². The normalized spacial score (nSPS) is 18.5. The summed E-state index contributed by atoms with van der Waals surface area (Å²) in [5, 5.41) is 4.08. The minimum atomic E-state index is 0.0415. The number of carbonyl (C=O) groups is 1. The molecule has 0 aromatic carbocycles. The molecule has 0 bridgehead atoms. The Balaban J connectivity index is 1.86. The predicted octanol–water partition coefficient (Wildman–Crippen LogP) is 2.29. The van der Waals surface area contributed by atoms with Crippen LogP contribution in [-0.2, 0) is 0 Å². The molecule has 20 heavy (non-hydrogen) atoms. The topological polar surface area (TPSA) is 59.2 Å². The van der Waals surface area contributed by atoms with Crippen molar-refractivity contribution in [3.63, 3.8) is 0 Å². The molecule has 1 amide bonds. The molecule has 4 nitrogen and oxygen atoms in total. The van der Waals surface area contributed by atoms with Crippen LogP contribution in [0.25, 0.3) is 11.3 Å². The fourth-order valence-electron chi connectivity index (χ4n) is 2.50. The van der Waals surface area contributed by atoms with Gasteiger partial charge in [0.25, 0.3) is 5.91 Å². The maximum Gasteiger partial charge on any atom is 0.255 e. The molecule has 1 aliphatic rings. The lowest BCUT2D eigenvalue weighted by Gasteiger charge is -2.17. The zero-order chi connectivity index (χ0) is 14.1. The monoisotopic (exact) mass is 287 g/mol. The van der Waals surface area contributed by atoms with Crippen LogP contribution < -0.4 is 5.73 Å². The number of hydrogen-bond donors (Lipinski definition) is 1. The fourth-order valence-corrected chi connectivity index (χ4v) is 3.15. The molecule has 2 N–H and O–H groups in total. The second-order valence-corrected chi connectivity index (χ2v) is 5.92. The van der Waals surface area contributed by atoms with Crippen molar-refractivity contribution >= 4 is 17.2 Å². The van der Waals surface area contributed by atoms with Crippen molar-refractivity contribution in [3.05, 3.63) is 40.2 Å². The van der Waals surface area contributed by atoms with Crippen LogP contribution in [-0.4, -0.2) is 34.9 Å². The van der Waals surface area contributed by atoms with Gasteiger partial charge in [0.1, 0.15) is 0 Å². The van der Waals surface area contributed by atoms with Gasteiger partial charge >= 0.3 is 0 Å². The number of aromatic nitrogens is 1. The maximum absolute atomic E-state index is 12.4. The fraction of sp³-hybridized carbons (Fsp3) is 0.333. The summed E-state index contributed by atoms with van der Waals surface area (Å²) in [6.45, 7) is 3.27. The third kappa shape index (κ3) is 2.46. The zero-order valence-electron chi connectivity index (χ0n) is 11.4. The molecule has 0 radical (unpaired) electrons. The summed E-state index contributed by atoms with van der Waals surface area (Å²) >= 11 is 1.64. The standard InChI is InChI=1S/C15H17N3OS/c1-10-13(15(19)18-6-4-12(16)8-18)2-3-14(17-10)11-5-7-20-9-11/h2-3,5,7,9,12H,4,6,8,16H2,1H3/t12-/m1/s1. The van der Waals surface area contributed by atoms with Gasteiger partial charge < -0.3 is 10.6 Å². The van der Waals surface area contributed by atoms with Crippen LogP contribution in [0.5, 0.6) is 0 Å². The lowest BCUT2D eigenvalue weighted by atomic mass is 10.1. The number of carbonyl (C=O) groups excluding carboxylic acids is 1. The van der Waals surface area contributed by atoms with Crippen LogP contribution in [0.1, 0.15) is 22.5 Å². The number of amides is 1. The van der Waals surface area contributed by atoms with E-state index in [2.05, 4.69) is 10.4 Å². The van der Waals surface area contributed by atoms with Gasteiger partial charge in [-0.25, -0.2) is 0 Å². The molecule has 5 heteroatoms. The van der Waals surface area contributed by atoms with E-state index < -0.39 is 0 Å². The summed E-state index contributed by atoms with van der Waals surface area (Å²) in [5.41, 5.74) is 9.33. The quantitative estimate of drug-likeness (QED) is 0.922. The Morgan fingerprint density at radius 1 is 1.45 bits per heavy atom. The summed E-state index contributed by atoms with van der Waals surface area (Å²) in [7, 11) is 0. The lowest BCUT2D eigenvalue weighted by Crippen LogP contribution is -2.32. The van der Waals surface area contributed by atoms with Gasteiger partial charge in [-0.3, -0.25) is 9.78 Å². The molecule has 0 aliphatic carbocycles. The number of rotatable bonds is 2. The first kappa shape index (κ1) is 13.3. The van der Waals surface area contributed by atoms with Gasteiger partial charge in [0.2, 0.25) is 0 Å². The molecule has 0 saturated carbocycles. The Kier molecular flexibility index (Phi) is 3.54. The van der Waals surface area contributed by atoms with Crippen LogP contribution in [0.15, 0.2) is 29.0 Å². The average molecular weight is 287 g/mol. The van der Waals surface area contributed by atoms with Gasteiger partial charge in [0.05, 0.1) is 17.0 Å². The van der Waals surface area contributed by atoms with E-state index in [1.807, 2.05) is 35.4 Å². The summed E-state index contributed by atoms with van der Waals surface area (Å²) in [6.07, 6.45) is 0.880. The zero-order valence-corrected chi connectivity index (χ0v) is 12.2. The number of likely N-dealkylation sites (tertiary alicyclic amines) is 1. The highest BCUT2D eigenvalue weighted by Crippen LogP contribution is 2.22. The molecule has 3 heterocycles. The average Bonchev–Trinajstić information content (AvgIpc) is 3.09. The molecule has 0 unspecified atom stereocenters. The molecule has 2 aromatic heterocycles. The van der Waals surface area contributed by atoms with E-state index in [0.717, 1.165) is 29.9 Å².